The van der Waals surface area contributed by atoms with Gasteiger partial charge >= 0.3 is 0 Å². The molecule has 138 valence electrons. The Labute approximate surface area is 156 Å². The highest BCUT2D eigenvalue weighted by atomic mass is 32.2. The first kappa shape index (κ1) is 18.6. The Bertz CT molecular complexity index is 939. The largest absolute Gasteiger partial charge is 0.293 e. The number of thioether (sulfide) groups is 1. The molecule has 0 saturated carbocycles. The van der Waals surface area contributed by atoms with Crippen LogP contribution in [0.5, 0.6) is 0 Å². The van der Waals surface area contributed by atoms with E-state index in [2.05, 4.69) is 22.1 Å². The van der Waals surface area contributed by atoms with Crippen LogP contribution in [0.4, 0.5) is 5.69 Å². The third kappa shape index (κ3) is 3.96. The molecule has 0 amide bonds. The van der Waals surface area contributed by atoms with E-state index in [1.807, 2.05) is 0 Å². The molecule has 0 spiro atoms. The van der Waals surface area contributed by atoms with Gasteiger partial charge in [-0.1, -0.05) is 17.8 Å². The van der Waals surface area contributed by atoms with Gasteiger partial charge in [0.2, 0.25) is 15.2 Å². The second-order valence-electron chi connectivity index (χ2n) is 5.93. The van der Waals surface area contributed by atoms with E-state index in [0.717, 1.165) is 18.4 Å². The van der Waals surface area contributed by atoms with Gasteiger partial charge in [-0.05, 0) is 47.0 Å². The minimum Gasteiger partial charge on any atom is -0.293 e. The Morgan fingerprint density at radius 3 is 2.96 bits per heavy atom. The summed E-state index contributed by atoms with van der Waals surface area (Å²) in [5.41, 5.74) is 2.11. The molecular formula is C16H19N5O3S2. The lowest BCUT2D eigenvalue weighted by Crippen LogP contribution is -2.34. The number of anilines is 1. The van der Waals surface area contributed by atoms with Crippen LogP contribution in [-0.2, 0) is 23.0 Å². The molecule has 0 bridgehead atoms. The molecular weight excluding hydrogens is 374 g/mol. The van der Waals surface area contributed by atoms with Crippen LogP contribution in [0.2, 0.25) is 0 Å². The number of tetrazole rings is 1. The zero-order chi connectivity index (χ0) is 18.7. The first-order valence-electron chi connectivity index (χ1n) is 8.04. The highest BCUT2D eigenvalue weighted by Crippen LogP contribution is 2.30. The molecule has 10 heteroatoms. The minimum absolute atomic E-state index is 0.0533. The van der Waals surface area contributed by atoms with Gasteiger partial charge in [-0.25, -0.2) is 13.1 Å². The number of sulfonamides is 1. The van der Waals surface area contributed by atoms with E-state index in [1.54, 1.807) is 29.0 Å². The Morgan fingerprint density at radius 2 is 2.23 bits per heavy atom. The summed E-state index contributed by atoms with van der Waals surface area (Å²) in [5.74, 6) is 0.147. The van der Waals surface area contributed by atoms with Gasteiger partial charge in [0, 0.05) is 12.1 Å². The van der Waals surface area contributed by atoms with E-state index in [-0.39, 0.29) is 11.5 Å². The van der Waals surface area contributed by atoms with E-state index < -0.39 is 10.0 Å². The fourth-order valence-corrected chi connectivity index (χ4v) is 4.61. The Hall–Kier alpha value is -2.20. The molecule has 0 unspecified atom stereocenters. The molecule has 0 fully saturated rings. The topological polar surface area (TPSA) is 98.1 Å². The van der Waals surface area contributed by atoms with Crippen molar-refractivity contribution < 1.29 is 13.2 Å². The van der Waals surface area contributed by atoms with Crippen molar-refractivity contribution in [3.63, 3.8) is 0 Å². The Kier molecular flexibility index (Phi) is 5.42. The number of rotatable bonds is 7. The number of Topliss-reactive ketones (excluding diaryl/α,β-unsaturated/α-hetero) is 1. The lowest BCUT2D eigenvalue weighted by Gasteiger charge is -2.29. The van der Waals surface area contributed by atoms with Crippen LogP contribution in [0.1, 0.15) is 22.3 Å². The van der Waals surface area contributed by atoms with Crippen molar-refractivity contribution >= 4 is 33.3 Å². The van der Waals surface area contributed by atoms with Crippen LogP contribution in [0.15, 0.2) is 36.0 Å². The average molecular weight is 393 g/mol. The van der Waals surface area contributed by atoms with Crippen LogP contribution < -0.4 is 4.31 Å². The predicted molar refractivity (Wildman–Crippen MR) is 100 cm³/mol. The summed E-state index contributed by atoms with van der Waals surface area (Å²) in [6, 6.07) is 5.19. The minimum atomic E-state index is -3.31. The third-order valence-electron chi connectivity index (χ3n) is 4.01. The summed E-state index contributed by atoms with van der Waals surface area (Å²) in [5, 5.41) is 11.9. The van der Waals surface area contributed by atoms with Gasteiger partial charge in [0.1, 0.15) is 0 Å². The van der Waals surface area contributed by atoms with Gasteiger partial charge < -0.3 is 0 Å². The summed E-state index contributed by atoms with van der Waals surface area (Å²) in [4.78, 5) is 12.5. The maximum Gasteiger partial charge on any atom is 0.232 e. The second kappa shape index (κ2) is 7.58. The van der Waals surface area contributed by atoms with Crippen LogP contribution in [0.25, 0.3) is 0 Å². The summed E-state index contributed by atoms with van der Waals surface area (Å²) in [7, 11) is -3.31. The Morgan fingerprint density at radius 1 is 1.42 bits per heavy atom. The number of carbonyl (C=O) groups excluding carboxylic acids is 1. The van der Waals surface area contributed by atoms with E-state index >= 15 is 0 Å². The number of ketones is 1. The van der Waals surface area contributed by atoms with Gasteiger partial charge in [0.15, 0.2) is 5.78 Å². The molecule has 1 aliphatic heterocycles. The first-order valence-corrected chi connectivity index (χ1v) is 10.9. The number of carbonyl (C=O) groups is 1. The molecule has 1 aromatic heterocycles. The van der Waals surface area contributed by atoms with Crippen LogP contribution in [-0.4, -0.2) is 53.0 Å². The highest BCUT2D eigenvalue weighted by Gasteiger charge is 2.24. The quantitative estimate of drug-likeness (QED) is 0.400. The zero-order valence-electron chi connectivity index (χ0n) is 14.3. The molecule has 0 saturated heterocycles. The van der Waals surface area contributed by atoms with E-state index in [0.29, 0.717) is 29.5 Å². The number of benzene rings is 1. The number of allylic oxidation sites excluding steroid dienone is 1. The van der Waals surface area contributed by atoms with Crippen molar-refractivity contribution in [3.05, 3.63) is 42.0 Å². The van der Waals surface area contributed by atoms with Gasteiger partial charge in [0.25, 0.3) is 0 Å². The molecule has 0 radical (unpaired) electrons. The lowest BCUT2D eigenvalue weighted by molar-refractivity contribution is 0.102. The summed E-state index contributed by atoms with van der Waals surface area (Å²) in [6.07, 6.45) is 4.38. The molecule has 8 nitrogen and oxygen atoms in total. The molecule has 0 N–H and O–H groups in total. The number of hydrogen-bond acceptors (Lipinski definition) is 7. The molecule has 3 rings (SSSR count). The molecule has 2 heterocycles. The summed E-state index contributed by atoms with van der Waals surface area (Å²) < 4.78 is 26.8. The lowest BCUT2D eigenvalue weighted by atomic mass is 9.99. The smallest absolute Gasteiger partial charge is 0.232 e. The van der Waals surface area contributed by atoms with Gasteiger partial charge in [0.05, 0.1) is 24.2 Å². The summed E-state index contributed by atoms with van der Waals surface area (Å²) in [6.45, 7) is 4.59. The third-order valence-corrected chi connectivity index (χ3v) is 6.15. The first-order chi connectivity index (χ1) is 12.4. The molecule has 1 aliphatic rings. The molecule has 0 atom stereocenters. The van der Waals surface area contributed by atoms with Gasteiger partial charge in [-0.3, -0.25) is 9.10 Å². The van der Waals surface area contributed by atoms with Crippen molar-refractivity contribution in [1.29, 1.82) is 0 Å². The van der Waals surface area contributed by atoms with E-state index in [4.69, 9.17) is 0 Å². The van der Waals surface area contributed by atoms with E-state index in [9.17, 15) is 13.2 Å². The van der Waals surface area contributed by atoms with Crippen molar-refractivity contribution in [3.8, 4) is 0 Å². The number of aryl methyl sites for hydroxylation is 1. The summed E-state index contributed by atoms with van der Waals surface area (Å²) >= 11 is 1.26. The normalized spacial score (nSPS) is 14.1. The van der Waals surface area contributed by atoms with Crippen LogP contribution in [0, 0.1) is 0 Å². The Balaban J connectivity index is 1.75. The molecule has 1 aromatic carbocycles. The van der Waals surface area contributed by atoms with E-state index in [1.165, 1.54) is 22.3 Å². The standard InChI is InChI=1S/C16H19N5O3S2/c1-3-8-20-16(17-18-19-20)25-11-15(22)13-6-7-14-12(10-13)5-4-9-21(14)26(2,23)24/h3,6-7,10H,1,4-5,8-9,11H2,2H3. The van der Waals surface area contributed by atoms with Gasteiger partial charge in [-0.2, -0.15) is 0 Å². The second-order valence-corrected chi connectivity index (χ2v) is 8.78. The van der Waals surface area contributed by atoms with Crippen molar-refractivity contribution in [2.75, 3.05) is 22.9 Å². The number of fused-ring (bicyclic) bond motifs is 1. The number of hydrogen-bond donors (Lipinski definition) is 0. The van der Waals surface area contributed by atoms with Crippen molar-refractivity contribution in [1.82, 2.24) is 20.2 Å². The number of nitrogens with zero attached hydrogens (tertiary/aromatic N) is 5. The highest BCUT2D eigenvalue weighted by molar-refractivity contribution is 7.99. The van der Waals surface area contributed by atoms with Crippen molar-refractivity contribution in [2.24, 2.45) is 0 Å². The zero-order valence-corrected chi connectivity index (χ0v) is 16.0. The van der Waals surface area contributed by atoms with Crippen LogP contribution in [0.3, 0.4) is 0 Å². The molecule has 2 aromatic rings. The SMILES string of the molecule is C=CCn1nnnc1SCC(=O)c1ccc2c(c1)CCCN2S(C)(=O)=O. The number of aromatic nitrogens is 4. The van der Waals surface area contributed by atoms with Gasteiger partial charge in [-0.15, -0.1) is 11.7 Å². The van der Waals surface area contributed by atoms with Crippen molar-refractivity contribution in [2.45, 2.75) is 24.5 Å². The molecule has 26 heavy (non-hydrogen) atoms. The maximum absolute atomic E-state index is 12.5. The molecule has 0 aliphatic carbocycles. The maximum atomic E-state index is 12.5. The predicted octanol–water partition coefficient (Wildman–Crippen LogP) is 1.55. The average Bonchev–Trinajstić information content (AvgIpc) is 3.05. The fourth-order valence-electron chi connectivity index (χ4n) is 2.83. The monoisotopic (exact) mass is 393 g/mol. The van der Waals surface area contributed by atoms with Crippen LogP contribution >= 0.6 is 11.8 Å². The fraction of sp³-hybridized carbons (Fsp3) is 0.375.